The van der Waals surface area contributed by atoms with E-state index in [0.717, 1.165) is 10.2 Å². The summed E-state index contributed by atoms with van der Waals surface area (Å²) in [6.45, 7) is 0. The number of aromatic nitrogens is 1. The van der Waals surface area contributed by atoms with Gasteiger partial charge in [0.05, 0.1) is 11.3 Å². The van der Waals surface area contributed by atoms with Crippen LogP contribution in [0.15, 0.2) is 47.1 Å². The van der Waals surface area contributed by atoms with E-state index in [1.807, 2.05) is 24.3 Å². The van der Waals surface area contributed by atoms with Crippen molar-refractivity contribution in [1.29, 1.82) is 0 Å². The molecule has 0 unspecified atom stereocenters. The third-order valence-electron chi connectivity index (χ3n) is 2.31. The van der Waals surface area contributed by atoms with Gasteiger partial charge in [-0.05, 0) is 40.2 Å². The summed E-state index contributed by atoms with van der Waals surface area (Å²) in [5.41, 5.74) is 3.30. The Kier molecular flexibility index (Phi) is 3.91. The summed E-state index contributed by atoms with van der Waals surface area (Å²) in [5.74, 6) is 5.19. The molecule has 1 aromatic carbocycles. The minimum atomic E-state index is -0.391. The number of hydrogen-bond acceptors (Lipinski definition) is 4. The first-order valence-electron chi connectivity index (χ1n) is 5.20. The monoisotopic (exact) mass is 306 g/mol. The van der Waals surface area contributed by atoms with Crippen molar-refractivity contribution in [2.24, 2.45) is 5.84 Å². The van der Waals surface area contributed by atoms with Crippen LogP contribution in [-0.4, -0.2) is 10.9 Å². The van der Waals surface area contributed by atoms with Crippen LogP contribution in [-0.2, 0) is 0 Å². The van der Waals surface area contributed by atoms with E-state index < -0.39 is 5.91 Å². The van der Waals surface area contributed by atoms with Gasteiger partial charge in [-0.2, -0.15) is 0 Å². The van der Waals surface area contributed by atoms with Crippen LogP contribution >= 0.6 is 15.9 Å². The first-order chi connectivity index (χ1) is 8.72. The lowest BCUT2D eigenvalue weighted by Crippen LogP contribution is -2.30. The molecular weight excluding hydrogens is 296 g/mol. The van der Waals surface area contributed by atoms with Crippen LogP contribution in [0.1, 0.15) is 10.4 Å². The van der Waals surface area contributed by atoms with Gasteiger partial charge in [-0.15, -0.1) is 0 Å². The van der Waals surface area contributed by atoms with Gasteiger partial charge in [0, 0.05) is 10.7 Å². The summed E-state index contributed by atoms with van der Waals surface area (Å²) < 4.78 is 0.884. The lowest BCUT2D eigenvalue weighted by atomic mass is 10.2. The second kappa shape index (κ2) is 5.61. The van der Waals surface area contributed by atoms with Gasteiger partial charge in [0.25, 0.3) is 5.91 Å². The van der Waals surface area contributed by atoms with E-state index >= 15 is 0 Å². The molecule has 0 bridgehead atoms. The fourth-order valence-corrected chi connectivity index (χ4v) is 1.84. The number of hydrazine groups is 1. The zero-order valence-corrected chi connectivity index (χ0v) is 10.9. The maximum absolute atomic E-state index is 11.6. The zero-order valence-electron chi connectivity index (χ0n) is 9.35. The van der Waals surface area contributed by atoms with E-state index in [1.165, 1.54) is 0 Å². The number of para-hydroxylation sites is 1. The smallest absolute Gasteiger partial charge is 0.268 e. The molecule has 0 spiro atoms. The van der Waals surface area contributed by atoms with Crippen LogP contribution in [0.25, 0.3) is 0 Å². The van der Waals surface area contributed by atoms with E-state index in [-0.39, 0.29) is 0 Å². The fraction of sp³-hybridized carbons (Fsp3) is 0. The summed E-state index contributed by atoms with van der Waals surface area (Å²) in [4.78, 5) is 15.7. The summed E-state index contributed by atoms with van der Waals surface area (Å²) in [6, 6.07) is 10.9. The van der Waals surface area contributed by atoms with Crippen molar-refractivity contribution in [3.63, 3.8) is 0 Å². The Morgan fingerprint density at radius 3 is 2.72 bits per heavy atom. The van der Waals surface area contributed by atoms with Gasteiger partial charge in [-0.3, -0.25) is 10.2 Å². The number of nitrogens with one attached hydrogen (secondary N) is 2. The molecule has 1 amide bonds. The highest BCUT2D eigenvalue weighted by Crippen LogP contribution is 2.25. The Balaban J connectivity index is 2.35. The molecule has 2 aromatic rings. The van der Waals surface area contributed by atoms with Crippen molar-refractivity contribution in [3.8, 4) is 0 Å². The average Bonchev–Trinajstić information content (AvgIpc) is 2.41. The van der Waals surface area contributed by atoms with Crippen LogP contribution in [0.3, 0.4) is 0 Å². The van der Waals surface area contributed by atoms with Gasteiger partial charge in [0.15, 0.2) is 0 Å². The van der Waals surface area contributed by atoms with Crippen LogP contribution < -0.4 is 16.6 Å². The predicted molar refractivity (Wildman–Crippen MR) is 73.3 cm³/mol. The SMILES string of the molecule is NNC(=O)c1cccnc1Nc1ccccc1Br. The Labute approximate surface area is 113 Å². The van der Waals surface area contributed by atoms with Gasteiger partial charge in [0.1, 0.15) is 5.82 Å². The topological polar surface area (TPSA) is 80.0 Å². The molecule has 0 saturated heterocycles. The van der Waals surface area contributed by atoms with Gasteiger partial charge >= 0.3 is 0 Å². The second-order valence-corrected chi connectivity index (χ2v) is 4.33. The van der Waals surface area contributed by atoms with Crippen molar-refractivity contribution >= 4 is 33.3 Å². The zero-order chi connectivity index (χ0) is 13.0. The Bertz CT molecular complexity index is 574. The van der Waals surface area contributed by atoms with Crippen LogP contribution in [0, 0.1) is 0 Å². The molecule has 0 fully saturated rings. The van der Waals surface area contributed by atoms with Crippen LogP contribution in [0.5, 0.6) is 0 Å². The van der Waals surface area contributed by atoms with Gasteiger partial charge in [-0.25, -0.2) is 10.8 Å². The maximum Gasteiger partial charge on any atom is 0.268 e. The summed E-state index contributed by atoms with van der Waals surface area (Å²) in [7, 11) is 0. The molecule has 0 radical (unpaired) electrons. The number of rotatable bonds is 3. The number of pyridine rings is 1. The standard InChI is InChI=1S/C12H11BrN4O/c13-9-5-1-2-6-10(9)16-11-8(12(18)17-14)4-3-7-15-11/h1-7H,14H2,(H,15,16)(H,17,18). The highest BCUT2D eigenvalue weighted by Gasteiger charge is 2.11. The van der Waals surface area contributed by atoms with E-state index in [0.29, 0.717) is 11.4 Å². The lowest BCUT2D eigenvalue weighted by Gasteiger charge is -2.10. The van der Waals surface area contributed by atoms with Crippen molar-refractivity contribution in [3.05, 3.63) is 52.6 Å². The first kappa shape index (κ1) is 12.5. The van der Waals surface area contributed by atoms with Crippen molar-refractivity contribution < 1.29 is 4.79 Å². The number of nitrogen functional groups attached to an aromatic ring is 1. The highest BCUT2D eigenvalue weighted by atomic mass is 79.9. The number of anilines is 2. The third-order valence-corrected chi connectivity index (χ3v) is 3.00. The minimum Gasteiger partial charge on any atom is -0.339 e. The molecule has 6 heteroatoms. The summed E-state index contributed by atoms with van der Waals surface area (Å²) in [5, 5.41) is 3.08. The fourth-order valence-electron chi connectivity index (χ4n) is 1.46. The largest absolute Gasteiger partial charge is 0.339 e. The number of nitrogens with two attached hydrogens (primary N) is 1. The third kappa shape index (κ3) is 2.66. The molecule has 0 atom stereocenters. The number of carbonyl (C=O) groups excluding carboxylic acids is 1. The molecule has 5 nitrogen and oxygen atoms in total. The Morgan fingerprint density at radius 2 is 2.00 bits per heavy atom. The van der Waals surface area contributed by atoms with E-state index in [1.54, 1.807) is 18.3 Å². The molecule has 1 heterocycles. The number of amides is 1. The van der Waals surface area contributed by atoms with Gasteiger partial charge < -0.3 is 5.32 Å². The molecular formula is C12H11BrN4O. The molecule has 0 aliphatic heterocycles. The second-order valence-electron chi connectivity index (χ2n) is 3.48. The van der Waals surface area contributed by atoms with E-state index in [9.17, 15) is 4.79 Å². The van der Waals surface area contributed by atoms with Crippen molar-refractivity contribution in [2.75, 3.05) is 5.32 Å². The van der Waals surface area contributed by atoms with Gasteiger partial charge in [-0.1, -0.05) is 12.1 Å². The normalized spacial score (nSPS) is 9.89. The molecule has 0 aliphatic rings. The molecule has 4 N–H and O–H groups in total. The average molecular weight is 307 g/mol. The summed E-state index contributed by atoms with van der Waals surface area (Å²) >= 11 is 3.42. The van der Waals surface area contributed by atoms with E-state index in [4.69, 9.17) is 5.84 Å². The molecule has 92 valence electrons. The summed E-state index contributed by atoms with van der Waals surface area (Å²) in [6.07, 6.45) is 1.60. The molecule has 0 aliphatic carbocycles. The molecule has 0 saturated carbocycles. The molecule has 2 rings (SSSR count). The number of benzene rings is 1. The van der Waals surface area contributed by atoms with E-state index in [2.05, 4.69) is 31.7 Å². The lowest BCUT2D eigenvalue weighted by molar-refractivity contribution is 0.0954. The Hall–Kier alpha value is -1.92. The highest BCUT2D eigenvalue weighted by molar-refractivity contribution is 9.10. The predicted octanol–water partition coefficient (Wildman–Crippen LogP) is 2.19. The Morgan fingerprint density at radius 1 is 1.22 bits per heavy atom. The van der Waals surface area contributed by atoms with Gasteiger partial charge in [0.2, 0.25) is 0 Å². The maximum atomic E-state index is 11.6. The number of nitrogens with zero attached hydrogens (tertiary/aromatic N) is 1. The van der Waals surface area contributed by atoms with Crippen molar-refractivity contribution in [2.45, 2.75) is 0 Å². The number of hydrogen-bond donors (Lipinski definition) is 3. The molecule has 1 aromatic heterocycles. The van der Waals surface area contributed by atoms with Crippen LogP contribution in [0.2, 0.25) is 0 Å². The van der Waals surface area contributed by atoms with Crippen LogP contribution in [0.4, 0.5) is 11.5 Å². The quantitative estimate of drug-likeness (QED) is 0.461. The first-order valence-corrected chi connectivity index (χ1v) is 5.99. The minimum absolute atomic E-state index is 0.385. The van der Waals surface area contributed by atoms with Crippen molar-refractivity contribution in [1.82, 2.24) is 10.4 Å². The molecule has 18 heavy (non-hydrogen) atoms. The number of halogens is 1. The number of carbonyl (C=O) groups is 1.